The summed E-state index contributed by atoms with van der Waals surface area (Å²) in [7, 11) is 0. The van der Waals surface area contributed by atoms with E-state index in [1.165, 1.54) is 16.9 Å². The predicted octanol–water partition coefficient (Wildman–Crippen LogP) is 5.18. The van der Waals surface area contributed by atoms with Gasteiger partial charge in [0.2, 0.25) is 0 Å². The van der Waals surface area contributed by atoms with Crippen molar-refractivity contribution in [2.24, 2.45) is 0 Å². The van der Waals surface area contributed by atoms with E-state index < -0.39 is 0 Å². The van der Waals surface area contributed by atoms with E-state index in [-0.39, 0.29) is 11.8 Å². The van der Waals surface area contributed by atoms with Gasteiger partial charge in [-0.05, 0) is 62.1 Å². The summed E-state index contributed by atoms with van der Waals surface area (Å²) in [5.41, 5.74) is 4.46. The molecule has 1 fully saturated rings. The number of thiophene rings is 1. The molecule has 0 atom stereocenters. The maximum Gasteiger partial charge on any atom is 0.265 e. The van der Waals surface area contributed by atoms with Crippen LogP contribution in [0.4, 0.5) is 5.69 Å². The monoisotopic (exact) mass is 390 g/mol. The minimum absolute atomic E-state index is 0.0872. The van der Waals surface area contributed by atoms with Crippen LogP contribution < -0.4 is 10.6 Å². The van der Waals surface area contributed by atoms with Crippen LogP contribution in [0.15, 0.2) is 54.6 Å². The molecule has 2 N–H and O–H groups in total. The number of carbonyl (C=O) groups is 2. The van der Waals surface area contributed by atoms with Crippen LogP contribution in [0.2, 0.25) is 0 Å². The second-order valence-corrected chi connectivity index (χ2v) is 8.35. The quantitative estimate of drug-likeness (QED) is 0.631. The highest BCUT2D eigenvalue weighted by molar-refractivity contribution is 7.17. The summed E-state index contributed by atoms with van der Waals surface area (Å²) in [6.07, 6.45) is 2.09. The lowest BCUT2D eigenvalue weighted by Crippen LogP contribution is -2.25. The Kier molecular flexibility index (Phi) is 5.01. The molecule has 28 heavy (non-hydrogen) atoms. The van der Waals surface area contributed by atoms with Crippen LogP contribution in [0.5, 0.6) is 0 Å². The van der Waals surface area contributed by atoms with Gasteiger partial charge in [-0.25, -0.2) is 0 Å². The molecule has 5 heteroatoms. The van der Waals surface area contributed by atoms with Crippen LogP contribution >= 0.6 is 11.3 Å². The molecular formula is C23H22N2O2S. The first-order valence-electron chi connectivity index (χ1n) is 9.39. The maximum absolute atomic E-state index is 12.7. The topological polar surface area (TPSA) is 58.2 Å². The summed E-state index contributed by atoms with van der Waals surface area (Å²) >= 11 is 1.46. The molecule has 142 valence electrons. The van der Waals surface area contributed by atoms with E-state index in [0.29, 0.717) is 22.2 Å². The molecule has 0 unspecified atom stereocenters. The first kappa shape index (κ1) is 18.4. The molecular weight excluding hydrogens is 368 g/mol. The van der Waals surface area contributed by atoms with Crippen LogP contribution in [-0.2, 0) is 0 Å². The van der Waals surface area contributed by atoms with Crippen molar-refractivity contribution < 1.29 is 9.59 Å². The first-order valence-corrected chi connectivity index (χ1v) is 10.2. The zero-order chi connectivity index (χ0) is 19.7. The second-order valence-electron chi connectivity index (χ2n) is 7.26. The number of aryl methyl sites for hydroxylation is 2. The lowest BCUT2D eigenvalue weighted by atomic mass is 10.1. The molecule has 4 rings (SSSR count). The van der Waals surface area contributed by atoms with Crippen molar-refractivity contribution in [2.45, 2.75) is 32.7 Å². The van der Waals surface area contributed by atoms with Crippen LogP contribution in [0, 0.1) is 13.8 Å². The first-order chi connectivity index (χ1) is 13.5. The summed E-state index contributed by atoms with van der Waals surface area (Å²) in [5, 5.41) is 5.94. The zero-order valence-corrected chi connectivity index (χ0v) is 16.7. The molecule has 1 heterocycles. The number of nitrogens with one attached hydrogen (secondary N) is 2. The number of carbonyl (C=O) groups excluding carboxylic acids is 2. The highest BCUT2D eigenvalue weighted by atomic mass is 32.1. The van der Waals surface area contributed by atoms with E-state index in [0.717, 1.165) is 28.8 Å². The van der Waals surface area contributed by atoms with E-state index in [1.54, 1.807) is 12.1 Å². The highest BCUT2D eigenvalue weighted by Gasteiger charge is 2.24. The molecule has 1 aliphatic carbocycles. The minimum atomic E-state index is -0.160. The molecule has 2 aromatic carbocycles. The number of anilines is 1. The van der Waals surface area contributed by atoms with Crippen LogP contribution in [0.1, 0.15) is 44.0 Å². The third-order valence-electron chi connectivity index (χ3n) is 4.79. The Labute approximate surface area is 168 Å². The maximum atomic E-state index is 12.7. The normalized spacial score (nSPS) is 13.2. The molecule has 1 aromatic heterocycles. The summed E-state index contributed by atoms with van der Waals surface area (Å²) in [5.74, 6) is -0.248. The van der Waals surface area contributed by atoms with Gasteiger partial charge in [0.15, 0.2) is 0 Å². The van der Waals surface area contributed by atoms with Crippen molar-refractivity contribution in [1.29, 1.82) is 0 Å². The van der Waals surface area contributed by atoms with Crippen molar-refractivity contribution in [3.8, 4) is 10.4 Å². The van der Waals surface area contributed by atoms with Gasteiger partial charge in [0.25, 0.3) is 11.8 Å². The highest BCUT2D eigenvalue weighted by Crippen LogP contribution is 2.29. The summed E-state index contributed by atoms with van der Waals surface area (Å²) in [6, 6.07) is 17.8. The molecule has 0 aliphatic heterocycles. The molecule has 1 aliphatic rings. The molecule has 3 aromatic rings. The fourth-order valence-corrected chi connectivity index (χ4v) is 3.89. The van der Waals surface area contributed by atoms with Crippen molar-refractivity contribution in [2.75, 3.05) is 5.32 Å². The van der Waals surface area contributed by atoms with Gasteiger partial charge in [-0.15, -0.1) is 11.3 Å². The van der Waals surface area contributed by atoms with Gasteiger partial charge in [-0.2, -0.15) is 0 Å². The Morgan fingerprint density at radius 1 is 0.964 bits per heavy atom. The number of amides is 2. The van der Waals surface area contributed by atoms with E-state index in [4.69, 9.17) is 0 Å². The molecule has 2 amide bonds. The second kappa shape index (κ2) is 7.60. The Morgan fingerprint density at radius 3 is 2.54 bits per heavy atom. The van der Waals surface area contributed by atoms with E-state index in [2.05, 4.69) is 29.7 Å². The van der Waals surface area contributed by atoms with Crippen molar-refractivity contribution in [1.82, 2.24) is 5.32 Å². The van der Waals surface area contributed by atoms with E-state index in [9.17, 15) is 9.59 Å². The molecule has 0 spiro atoms. The van der Waals surface area contributed by atoms with E-state index in [1.807, 2.05) is 37.3 Å². The third-order valence-corrected chi connectivity index (χ3v) is 5.93. The average molecular weight is 391 g/mol. The number of hydrogen-bond donors (Lipinski definition) is 2. The summed E-state index contributed by atoms with van der Waals surface area (Å²) in [4.78, 5) is 26.7. The lowest BCUT2D eigenvalue weighted by Gasteiger charge is -2.10. The molecule has 0 saturated heterocycles. The van der Waals surface area contributed by atoms with Crippen molar-refractivity contribution >= 4 is 28.8 Å². The van der Waals surface area contributed by atoms with Gasteiger partial charge < -0.3 is 10.6 Å². The van der Waals surface area contributed by atoms with Gasteiger partial charge >= 0.3 is 0 Å². The molecule has 4 nitrogen and oxygen atoms in total. The van der Waals surface area contributed by atoms with Crippen molar-refractivity contribution in [3.05, 3.63) is 76.2 Å². The van der Waals surface area contributed by atoms with Crippen LogP contribution in [0.25, 0.3) is 10.4 Å². The van der Waals surface area contributed by atoms with Gasteiger partial charge in [-0.3, -0.25) is 9.59 Å². The molecule has 0 bridgehead atoms. The third kappa shape index (κ3) is 4.15. The lowest BCUT2D eigenvalue weighted by molar-refractivity contribution is 0.0949. The Hall–Kier alpha value is -2.92. The van der Waals surface area contributed by atoms with Gasteiger partial charge in [0, 0.05) is 22.2 Å². The summed E-state index contributed by atoms with van der Waals surface area (Å²) < 4.78 is 0. The average Bonchev–Trinajstić information content (AvgIpc) is 3.34. The van der Waals surface area contributed by atoms with E-state index >= 15 is 0 Å². The number of benzene rings is 2. The van der Waals surface area contributed by atoms with Gasteiger partial charge in [0.05, 0.1) is 4.88 Å². The summed E-state index contributed by atoms with van der Waals surface area (Å²) in [6.45, 7) is 3.98. The zero-order valence-electron chi connectivity index (χ0n) is 15.9. The number of rotatable bonds is 5. The fourth-order valence-electron chi connectivity index (χ4n) is 2.99. The van der Waals surface area contributed by atoms with Crippen LogP contribution in [-0.4, -0.2) is 17.9 Å². The Balaban J connectivity index is 1.51. The molecule has 1 saturated carbocycles. The van der Waals surface area contributed by atoms with Crippen molar-refractivity contribution in [3.63, 3.8) is 0 Å². The Bertz CT molecular complexity index is 1050. The standard InChI is InChI=1S/C23H22N2O2S/c1-14-4-3-5-16(12-14)20-10-11-21(28-20)23(27)25-19-13-17(7-6-15(19)2)22(26)24-18-8-9-18/h3-7,10-13,18H,8-9H2,1-2H3,(H,24,26)(H,25,27). The molecule has 0 radical (unpaired) electrons. The predicted molar refractivity (Wildman–Crippen MR) is 114 cm³/mol. The van der Waals surface area contributed by atoms with Gasteiger partial charge in [0.1, 0.15) is 0 Å². The number of hydrogen-bond acceptors (Lipinski definition) is 3. The Morgan fingerprint density at radius 2 is 1.79 bits per heavy atom. The fraction of sp³-hybridized carbons (Fsp3) is 0.217. The van der Waals surface area contributed by atoms with Gasteiger partial charge in [-0.1, -0.05) is 35.9 Å². The largest absolute Gasteiger partial charge is 0.349 e. The minimum Gasteiger partial charge on any atom is -0.349 e. The smallest absolute Gasteiger partial charge is 0.265 e. The SMILES string of the molecule is Cc1cccc(-c2ccc(C(=O)Nc3cc(C(=O)NC4CC4)ccc3C)s2)c1. The van der Waals surface area contributed by atoms with Crippen LogP contribution in [0.3, 0.4) is 0 Å².